The molecule has 0 aliphatic carbocycles. The van der Waals surface area contributed by atoms with Crippen molar-refractivity contribution in [2.24, 2.45) is 11.8 Å². The molecule has 0 radical (unpaired) electrons. The zero-order chi connectivity index (χ0) is 17.7. The summed E-state index contributed by atoms with van der Waals surface area (Å²) in [4.78, 5) is 25.1. The summed E-state index contributed by atoms with van der Waals surface area (Å²) in [6.45, 7) is 5.30. The summed E-state index contributed by atoms with van der Waals surface area (Å²) in [5.41, 5.74) is 0.555. The number of nitrogens with one attached hydrogen (secondary N) is 1. The molecule has 0 bridgehead atoms. The van der Waals surface area contributed by atoms with Crippen LogP contribution in [0.5, 0.6) is 5.75 Å². The van der Waals surface area contributed by atoms with Gasteiger partial charge in [0.25, 0.3) is 0 Å². The molecule has 0 aromatic heterocycles. The van der Waals surface area contributed by atoms with E-state index in [4.69, 9.17) is 16.3 Å². The number of carbonyl (C=O) groups is 2. The highest BCUT2D eigenvalue weighted by Gasteiger charge is 2.31. The maximum absolute atomic E-state index is 12.4. The van der Waals surface area contributed by atoms with Crippen LogP contribution in [0.2, 0.25) is 5.02 Å². The van der Waals surface area contributed by atoms with E-state index in [9.17, 15) is 14.7 Å². The Morgan fingerprint density at radius 2 is 2.17 bits per heavy atom. The van der Waals surface area contributed by atoms with Gasteiger partial charge in [-0.3, -0.25) is 4.79 Å². The van der Waals surface area contributed by atoms with Gasteiger partial charge >= 0.3 is 12.0 Å². The van der Waals surface area contributed by atoms with Crippen molar-refractivity contribution < 1.29 is 19.4 Å². The second kappa shape index (κ2) is 8.24. The Labute approximate surface area is 146 Å². The lowest BCUT2D eigenvalue weighted by molar-refractivity contribution is -0.143. The van der Waals surface area contributed by atoms with E-state index in [0.717, 1.165) is 6.42 Å². The Bertz CT molecular complexity index is 608. The lowest BCUT2D eigenvalue weighted by Crippen LogP contribution is -2.47. The smallest absolute Gasteiger partial charge is 0.321 e. The first kappa shape index (κ1) is 18.4. The van der Waals surface area contributed by atoms with E-state index in [-0.39, 0.29) is 18.5 Å². The van der Waals surface area contributed by atoms with Gasteiger partial charge in [-0.1, -0.05) is 25.4 Å². The Morgan fingerprint density at radius 1 is 1.42 bits per heavy atom. The van der Waals surface area contributed by atoms with Gasteiger partial charge in [0.1, 0.15) is 5.75 Å². The summed E-state index contributed by atoms with van der Waals surface area (Å²) in [5.74, 6) is -0.652. The Balaban J connectivity index is 2.01. The van der Waals surface area contributed by atoms with E-state index in [1.165, 1.54) is 0 Å². The largest absolute Gasteiger partial charge is 0.492 e. The van der Waals surface area contributed by atoms with Crippen LogP contribution in [0.25, 0.3) is 0 Å². The van der Waals surface area contributed by atoms with Gasteiger partial charge in [-0.15, -0.1) is 0 Å². The number of nitrogens with zero attached hydrogens (tertiary/aromatic N) is 1. The predicted molar refractivity (Wildman–Crippen MR) is 92.7 cm³/mol. The molecule has 2 unspecified atom stereocenters. The van der Waals surface area contributed by atoms with Gasteiger partial charge in [-0.25, -0.2) is 4.79 Å². The zero-order valence-corrected chi connectivity index (χ0v) is 14.7. The molecule has 7 heteroatoms. The first-order chi connectivity index (χ1) is 11.4. The quantitative estimate of drug-likeness (QED) is 0.845. The van der Waals surface area contributed by atoms with Gasteiger partial charge in [0.2, 0.25) is 0 Å². The van der Waals surface area contributed by atoms with Gasteiger partial charge < -0.3 is 20.1 Å². The van der Waals surface area contributed by atoms with E-state index >= 15 is 0 Å². The van der Waals surface area contributed by atoms with E-state index in [1.807, 2.05) is 13.8 Å². The Kier molecular flexibility index (Phi) is 6.31. The van der Waals surface area contributed by atoms with Crippen molar-refractivity contribution in [2.75, 3.05) is 25.0 Å². The molecular weight excluding hydrogens is 332 g/mol. The van der Waals surface area contributed by atoms with Crippen molar-refractivity contribution >= 4 is 29.3 Å². The van der Waals surface area contributed by atoms with Crippen LogP contribution in [0, 0.1) is 11.8 Å². The van der Waals surface area contributed by atoms with Gasteiger partial charge in [-0.2, -0.15) is 0 Å². The fourth-order valence-electron chi connectivity index (χ4n) is 2.81. The molecule has 2 N–H and O–H groups in total. The monoisotopic (exact) mass is 354 g/mol. The minimum Gasteiger partial charge on any atom is -0.492 e. The topological polar surface area (TPSA) is 78.9 Å². The summed E-state index contributed by atoms with van der Waals surface area (Å²) in [6, 6.07) is 4.75. The summed E-state index contributed by atoms with van der Waals surface area (Å²) >= 11 is 6.15. The number of urea groups is 1. The fraction of sp³-hybridized carbons (Fsp3) is 0.529. The van der Waals surface area contributed by atoms with Gasteiger partial charge in [0.15, 0.2) is 0 Å². The third-order valence-electron chi connectivity index (χ3n) is 3.94. The molecule has 24 heavy (non-hydrogen) atoms. The van der Waals surface area contributed by atoms with Crippen LogP contribution in [0.3, 0.4) is 0 Å². The van der Waals surface area contributed by atoms with Crippen LogP contribution in [-0.2, 0) is 4.79 Å². The zero-order valence-electron chi connectivity index (χ0n) is 13.9. The third kappa shape index (κ3) is 4.77. The number of piperidine rings is 1. The number of hydrogen-bond acceptors (Lipinski definition) is 3. The predicted octanol–water partition coefficient (Wildman–Crippen LogP) is 3.70. The molecule has 1 fully saturated rings. The Hall–Kier alpha value is -1.95. The third-order valence-corrected chi connectivity index (χ3v) is 4.24. The molecular formula is C17H23ClN2O4. The average molecular weight is 355 g/mol. The van der Waals surface area contributed by atoms with Crippen LogP contribution < -0.4 is 10.1 Å². The van der Waals surface area contributed by atoms with Crippen LogP contribution in [0.1, 0.15) is 26.7 Å². The number of ether oxygens (including phenoxy) is 1. The van der Waals surface area contributed by atoms with Crippen molar-refractivity contribution in [3.63, 3.8) is 0 Å². The lowest BCUT2D eigenvalue weighted by Gasteiger charge is -2.34. The van der Waals surface area contributed by atoms with E-state index < -0.39 is 11.9 Å². The minimum atomic E-state index is -0.861. The summed E-state index contributed by atoms with van der Waals surface area (Å²) < 4.78 is 5.50. The van der Waals surface area contributed by atoms with E-state index in [2.05, 4.69) is 5.32 Å². The second-order valence-electron chi connectivity index (χ2n) is 6.20. The van der Waals surface area contributed by atoms with Crippen LogP contribution in [-0.4, -0.2) is 41.7 Å². The highest BCUT2D eigenvalue weighted by atomic mass is 35.5. The number of carboxylic acid groups (broad SMARTS) is 1. The van der Waals surface area contributed by atoms with Crippen molar-refractivity contribution in [3.05, 3.63) is 23.2 Å². The highest BCUT2D eigenvalue weighted by molar-refractivity contribution is 6.32. The molecule has 0 spiro atoms. The summed E-state index contributed by atoms with van der Waals surface area (Å²) in [6.07, 6.45) is 1.47. The average Bonchev–Trinajstić information content (AvgIpc) is 2.53. The second-order valence-corrected chi connectivity index (χ2v) is 6.61. The standard InChI is InChI=1S/C17H23ClN2O4/c1-3-6-24-15-5-4-13(8-14(15)18)19-17(23)20-9-11(2)7-12(10-20)16(21)22/h4-5,8,11-12H,3,6-7,9-10H2,1-2H3,(H,19,23)(H,21,22). The SMILES string of the molecule is CCCOc1ccc(NC(=O)N2CC(C)CC(C(=O)O)C2)cc1Cl. The van der Waals surface area contributed by atoms with Gasteiger partial charge in [0.05, 0.1) is 17.5 Å². The highest BCUT2D eigenvalue weighted by Crippen LogP contribution is 2.28. The lowest BCUT2D eigenvalue weighted by atomic mass is 9.91. The van der Waals surface area contributed by atoms with Crippen molar-refractivity contribution in [1.82, 2.24) is 4.90 Å². The molecule has 2 atom stereocenters. The number of aliphatic carboxylic acids is 1. The molecule has 2 rings (SSSR count). The van der Waals surface area contributed by atoms with E-state index in [0.29, 0.717) is 36.0 Å². The van der Waals surface area contributed by atoms with E-state index in [1.54, 1.807) is 23.1 Å². The molecule has 2 amide bonds. The number of halogens is 1. The summed E-state index contributed by atoms with van der Waals surface area (Å²) in [7, 11) is 0. The van der Waals surface area contributed by atoms with Crippen molar-refractivity contribution in [3.8, 4) is 5.75 Å². The number of hydrogen-bond donors (Lipinski definition) is 2. The molecule has 1 aromatic carbocycles. The molecule has 0 saturated carbocycles. The first-order valence-corrected chi connectivity index (χ1v) is 8.49. The van der Waals surface area contributed by atoms with Crippen molar-refractivity contribution in [1.29, 1.82) is 0 Å². The van der Waals surface area contributed by atoms with Crippen molar-refractivity contribution in [2.45, 2.75) is 26.7 Å². The maximum Gasteiger partial charge on any atom is 0.321 e. The molecule has 132 valence electrons. The Morgan fingerprint density at radius 3 is 2.79 bits per heavy atom. The maximum atomic E-state index is 12.4. The number of anilines is 1. The molecule has 1 aliphatic rings. The number of likely N-dealkylation sites (tertiary alicyclic amines) is 1. The minimum absolute atomic E-state index is 0.152. The normalized spacial score (nSPS) is 20.5. The first-order valence-electron chi connectivity index (χ1n) is 8.11. The molecule has 6 nitrogen and oxygen atoms in total. The van der Waals surface area contributed by atoms with Crippen LogP contribution in [0.15, 0.2) is 18.2 Å². The van der Waals surface area contributed by atoms with Gasteiger partial charge in [-0.05, 0) is 37.0 Å². The molecule has 1 saturated heterocycles. The number of carbonyl (C=O) groups excluding carboxylic acids is 1. The van der Waals surface area contributed by atoms with Gasteiger partial charge in [0, 0.05) is 18.8 Å². The summed E-state index contributed by atoms with van der Waals surface area (Å²) in [5, 5.41) is 12.4. The molecule has 1 heterocycles. The number of rotatable bonds is 5. The number of carboxylic acids is 1. The molecule has 1 aliphatic heterocycles. The molecule has 1 aromatic rings. The fourth-order valence-corrected chi connectivity index (χ4v) is 3.04. The van der Waals surface area contributed by atoms with Crippen LogP contribution in [0.4, 0.5) is 10.5 Å². The number of benzene rings is 1. The van der Waals surface area contributed by atoms with Crippen LogP contribution >= 0.6 is 11.6 Å². The number of amides is 2.